The minimum absolute atomic E-state index is 0. The number of aromatic nitrogens is 2. The third kappa shape index (κ3) is 2.42. The zero-order valence-corrected chi connectivity index (χ0v) is 12.4. The second-order valence-electron chi connectivity index (χ2n) is 4.33. The summed E-state index contributed by atoms with van der Waals surface area (Å²) in [5.41, 5.74) is 3.46. The number of hydrogen-bond donors (Lipinski definition) is 0. The molecule has 0 aliphatic heterocycles. The molecule has 0 N–H and O–H groups in total. The van der Waals surface area contributed by atoms with Crippen molar-refractivity contribution in [2.24, 2.45) is 0 Å². The van der Waals surface area contributed by atoms with E-state index < -0.39 is 4.92 Å². The molecule has 0 fully saturated rings. The minimum Gasteiger partial charge on any atom is -0.304 e. The molecule has 0 aliphatic carbocycles. The van der Waals surface area contributed by atoms with Crippen molar-refractivity contribution in [1.29, 1.82) is 0 Å². The highest BCUT2D eigenvalue weighted by Gasteiger charge is 2.10. The van der Waals surface area contributed by atoms with Gasteiger partial charge in [0.2, 0.25) is 0 Å². The number of benzene rings is 1. The average molecular weight is 334 g/mol. The average Bonchev–Trinajstić information content (AvgIpc) is 2.84. The molecule has 1 aromatic carbocycles. The van der Waals surface area contributed by atoms with E-state index in [9.17, 15) is 10.1 Å². The summed E-state index contributed by atoms with van der Waals surface area (Å²) in [5, 5.41) is 10.8. The van der Waals surface area contributed by atoms with Gasteiger partial charge < -0.3 is 4.40 Å². The van der Waals surface area contributed by atoms with E-state index in [1.807, 2.05) is 41.8 Å². The van der Waals surface area contributed by atoms with E-state index in [0.717, 1.165) is 22.6 Å². The predicted molar refractivity (Wildman–Crippen MR) is 82.3 cm³/mol. The highest BCUT2D eigenvalue weighted by Crippen LogP contribution is 2.23. The quantitative estimate of drug-likeness (QED) is 0.529. The van der Waals surface area contributed by atoms with E-state index in [2.05, 4.69) is 4.98 Å². The van der Waals surface area contributed by atoms with Gasteiger partial charge in [-0.2, -0.15) is 0 Å². The van der Waals surface area contributed by atoms with Crippen LogP contribution in [0.1, 0.15) is 5.69 Å². The van der Waals surface area contributed by atoms with Crippen LogP contribution in [-0.2, 0) is 0 Å². The zero-order chi connectivity index (χ0) is 13.4. The van der Waals surface area contributed by atoms with Crippen molar-refractivity contribution in [1.82, 2.24) is 9.38 Å². The van der Waals surface area contributed by atoms with E-state index >= 15 is 0 Å². The molecule has 0 saturated carbocycles. The molecule has 20 heavy (non-hydrogen) atoms. The number of aryl methyl sites for hydroxylation is 1. The van der Waals surface area contributed by atoms with Crippen LogP contribution < -0.4 is 0 Å². The van der Waals surface area contributed by atoms with Crippen molar-refractivity contribution in [2.75, 3.05) is 0 Å². The second-order valence-corrected chi connectivity index (χ2v) is 4.33. The number of nitro groups is 1. The van der Waals surface area contributed by atoms with Gasteiger partial charge in [0.15, 0.2) is 0 Å². The van der Waals surface area contributed by atoms with Gasteiger partial charge in [0.05, 0.1) is 10.6 Å². The van der Waals surface area contributed by atoms with Crippen LogP contribution in [0.5, 0.6) is 0 Å². The van der Waals surface area contributed by atoms with Gasteiger partial charge in [-0.15, -0.1) is 17.0 Å². The topological polar surface area (TPSA) is 60.4 Å². The number of rotatable bonds is 2. The van der Waals surface area contributed by atoms with E-state index in [1.165, 1.54) is 12.1 Å². The lowest BCUT2D eigenvalue weighted by Crippen LogP contribution is -1.88. The van der Waals surface area contributed by atoms with Crippen molar-refractivity contribution < 1.29 is 4.92 Å². The number of halogens is 1. The number of nitrogens with zero attached hydrogens (tertiary/aromatic N) is 3. The maximum absolute atomic E-state index is 10.8. The smallest absolute Gasteiger partial charge is 0.270 e. The lowest BCUT2D eigenvalue weighted by molar-refractivity contribution is -0.384. The summed E-state index contributed by atoms with van der Waals surface area (Å²) in [4.78, 5) is 14.9. The van der Waals surface area contributed by atoms with Crippen molar-refractivity contribution in [3.05, 3.63) is 64.5 Å². The van der Waals surface area contributed by atoms with Crippen LogP contribution in [0.2, 0.25) is 0 Å². The summed E-state index contributed by atoms with van der Waals surface area (Å²) in [6, 6.07) is 12.4. The fraction of sp³-hybridized carbons (Fsp3) is 0.0714. The molecule has 0 unspecified atom stereocenters. The van der Waals surface area contributed by atoms with Gasteiger partial charge >= 0.3 is 0 Å². The lowest BCUT2D eigenvalue weighted by Gasteiger charge is -1.96. The number of pyridine rings is 1. The van der Waals surface area contributed by atoms with Gasteiger partial charge in [0.25, 0.3) is 5.69 Å². The molecule has 6 heteroatoms. The molecule has 0 atom stereocenters. The maximum atomic E-state index is 10.8. The second kappa shape index (κ2) is 5.42. The van der Waals surface area contributed by atoms with E-state index in [0.29, 0.717) is 0 Å². The van der Waals surface area contributed by atoms with Gasteiger partial charge in [-0.3, -0.25) is 10.1 Å². The monoisotopic (exact) mass is 333 g/mol. The normalized spacial score (nSPS) is 10.2. The highest BCUT2D eigenvalue weighted by atomic mass is 79.9. The van der Waals surface area contributed by atoms with Crippen LogP contribution in [0.15, 0.2) is 48.7 Å². The number of non-ortho nitro benzene ring substituents is 1. The summed E-state index contributed by atoms with van der Waals surface area (Å²) < 4.78 is 1.97. The Bertz CT molecular complexity index is 783. The van der Waals surface area contributed by atoms with Gasteiger partial charge in [0.1, 0.15) is 5.65 Å². The molecule has 2 aromatic heterocycles. The van der Waals surface area contributed by atoms with Crippen LogP contribution in [0, 0.1) is 17.0 Å². The molecule has 0 radical (unpaired) electrons. The van der Waals surface area contributed by atoms with Crippen molar-refractivity contribution in [3.63, 3.8) is 0 Å². The summed E-state index contributed by atoms with van der Waals surface area (Å²) in [6.07, 6.45) is 1.89. The number of nitro benzene ring substituents is 1. The molecule has 102 valence electrons. The number of hydrogen-bond acceptors (Lipinski definition) is 3. The molecule has 0 bridgehead atoms. The van der Waals surface area contributed by atoms with Crippen LogP contribution in [0.3, 0.4) is 0 Å². The van der Waals surface area contributed by atoms with Crippen molar-refractivity contribution >= 4 is 28.3 Å². The third-order valence-corrected chi connectivity index (χ3v) is 3.05. The highest BCUT2D eigenvalue weighted by molar-refractivity contribution is 8.93. The van der Waals surface area contributed by atoms with Gasteiger partial charge in [0, 0.05) is 29.6 Å². The third-order valence-electron chi connectivity index (χ3n) is 3.05. The number of imidazole rings is 1. The van der Waals surface area contributed by atoms with E-state index in [1.54, 1.807) is 6.07 Å². The molecular formula is C14H12BrN3O2. The Kier molecular flexibility index (Phi) is 3.85. The summed E-state index contributed by atoms with van der Waals surface area (Å²) in [7, 11) is 0. The van der Waals surface area contributed by atoms with Crippen LogP contribution in [0.25, 0.3) is 16.9 Å². The molecule has 3 rings (SSSR count). The fourth-order valence-corrected chi connectivity index (χ4v) is 2.07. The summed E-state index contributed by atoms with van der Waals surface area (Å²) in [6.45, 7) is 1.99. The maximum Gasteiger partial charge on any atom is 0.270 e. The Labute approximate surface area is 125 Å². The number of fused-ring (bicyclic) bond motifs is 1. The molecule has 0 amide bonds. The zero-order valence-electron chi connectivity index (χ0n) is 10.7. The molecule has 0 spiro atoms. The lowest BCUT2D eigenvalue weighted by atomic mass is 10.1. The Morgan fingerprint density at radius 2 is 1.95 bits per heavy atom. The first-order chi connectivity index (χ1) is 9.15. The van der Waals surface area contributed by atoms with E-state index in [4.69, 9.17) is 0 Å². The standard InChI is InChI=1S/C14H11N3O2.BrH/c1-10-4-2-7-14-15-13(9-16(10)14)11-5-3-6-12(8-11)17(18)19;/h2-9H,1H3;1H. The minimum atomic E-state index is -0.398. The molecular weight excluding hydrogens is 322 g/mol. The van der Waals surface area contributed by atoms with Crippen LogP contribution in [-0.4, -0.2) is 14.3 Å². The largest absolute Gasteiger partial charge is 0.304 e. The predicted octanol–water partition coefficient (Wildman–Crippen LogP) is 3.80. The van der Waals surface area contributed by atoms with Gasteiger partial charge in [-0.25, -0.2) is 4.98 Å². The summed E-state index contributed by atoms with van der Waals surface area (Å²) in [5.74, 6) is 0. The van der Waals surface area contributed by atoms with Crippen molar-refractivity contribution in [3.8, 4) is 11.3 Å². The first-order valence-corrected chi connectivity index (χ1v) is 5.85. The first kappa shape index (κ1) is 14.2. The van der Waals surface area contributed by atoms with Gasteiger partial charge in [-0.1, -0.05) is 18.2 Å². The molecule has 2 heterocycles. The SMILES string of the molecule is Br.Cc1cccc2nc(-c3cccc([N+](=O)[O-])c3)cn12. The Morgan fingerprint density at radius 3 is 2.65 bits per heavy atom. The molecule has 0 aliphatic rings. The van der Waals surface area contributed by atoms with Crippen molar-refractivity contribution in [2.45, 2.75) is 6.92 Å². The molecule has 5 nitrogen and oxygen atoms in total. The molecule has 0 saturated heterocycles. The van der Waals surface area contributed by atoms with Gasteiger partial charge in [-0.05, 0) is 19.1 Å². The summed E-state index contributed by atoms with van der Waals surface area (Å²) >= 11 is 0. The first-order valence-electron chi connectivity index (χ1n) is 5.85. The van der Waals surface area contributed by atoms with Crippen LogP contribution >= 0.6 is 17.0 Å². The molecule has 3 aromatic rings. The van der Waals surface area contributed by atoms with E-state index in [-0.39, 0.29) is 22.7 Å². The Balaban J connectivity index is 0.00000147. The van der Waals surface area contributed by atoms with Crippen LogP contribution in [0.4, 0.5) is 5.69 Å². The Hall–Kier alpha value is -2.21. The Morgan fingerprint density at radius 1 is 1.20 bits per heavy atom. The fourth-order valence-electron chi connectivity index (χ4n) is 2.07.